The van der Waals surface area contributed by atoms with Crippen molar-refractivity contribution in [3.05, 3.63) is 98.7 Å². The van der Waals surface area contributed by atoms with Crippen LogP contribution in [-0.4, -0.2) is 14.1 Å². The normalized spacial score (nSPS) is 10.8. The summed E-state index contributed by atoms with van der Waals surface area (Å²) in [5, 5.41) is 0.715. The first-order valence-corrected chi connectivity index (χ1v) is 10.4. The number of nitrogens with zero attached hydrogens (tertiary/aromatic N) is 4. The molecule has 0 spiro atoms. The number of aryl methyl sites for hydroxylation is 1. The van der Waals surface area contributed by atoms with Crippen LogP contribution in [0.25, 0.3) is 16.9 Å². The van der Waals surface area contributed by atoms with Crippen molar-refractivity contribution in [1.82, 2.24) is 14.1 Å². The minimum atomic E-state index is -1.28. The summed E-state index contributed by atoms with van der Waals surface area (Å²) in [6.45, 7) is 1.37. The standard InChI is InChI=1S/C25H19F3N6O2/c1-3-7-32-22(15-5-4-6-16(26)9-15)23(34(30)21-11-19(28)18(27)10-20(21)29)24(35)33(25(32)36)17-8-14(2)12-31-13-17/h1,4-6,8-13H,7,29-30H2,2H3. The average Bonchev–Trinajstić information content (AvgIpc) is 2.82. The number of hydrogen-bond acceptors (Lipinski definition) is 6. The van der Waals surface area contributed by atoms with E-state index >= 15 is 0 Å². The molecule has 0 amide bonds. The van der Waals surface area contributed by atoms with Crippen LogP contribution in [0.1, 0.15) is 5.56 Å². The molecule has 2 aromatic carbocycles. The van der Waals surface area contributed by atoms with Crippen LogP contribution in [0.5, 0.6) is 0 Å². The van der Waals surface area contributed by atoms with Gasteiger partial charge in [-0.05, 0) is 30.7 Å². The summed E-state index contributed by atoms with van der Waals surface area (Å²) in [7, 11) is 0. The van der Waals surface area contributed by atoms with Gasteiger partial charge >= 0.3 is 5.69 Å². The minimum absolute atomic E-state index is 0.0839. The van der Waals surface area contributed by atoms with Crippen LogP contribution in [0.4, 0.5) is 30.2 Å². The summed E-state index contributed by atoms with van der Waals surface area (Å²) in [6.07, 6.45) is 8.32. The molecule has 36 heavy (non-hydrogen) atoms. The summed E-state index contributed by atoms with van der Waals surface area (Å²) < 4.78 is 43.9. The summed E-state index contributed by atoms with van der Waals surface area (Å²) in [5.41, 5.74) is 3.81. The zero-order valence-electron chi connectivity index (χ0n) is 18.9. The number of pyridine rings is 1. The second-order valence-corrected chi connectivity index (χ2v) is 7.84. The van der Waals surface area contributed by atoms with E-state index in [0.29, 0.717) is 22.7 Å². The molecule has 0 fully saturated rings. The SMILES string of the molecule is C#CCn1c(-c2cccc(F)c2)c(N(N)c2cc(F)c(F)cc2N)c(=O)n(-c2cncc(C)c2)c1=O. The molecule has 0 bridgehead atoms. The fraction of sp³-hybridized carbons (Fsp3) is 0.0800. The molecule has 4 N–H and O–H groups in total. The number of hydrogen-bond donors (Lipinski definition) is 2. The number of benzene rings is 2. The zero-order valence-corrected chi connectivity index (χ0v) is 18.9. The van der Waals surface area contributed by atoms with E-state index in [2.05, 4.69) is 10.9 Å². The molecule has 0 saturated heterocycles. The molecule has 2 aromatic heterocycles. The van der Waals surface area contributed by atoms with Gasteiger partial charge in [-0.25, -0.2) is 28.4 Å². The Bertz CT molecular complexity index is 1660. The van der Waals surface area contributed by atoms with E-state index in [1.807, 2.05) is 0 Å². The van der Waals surface area contributed by atoms with Crippen molar-refractivity contribution in [2.75, 3.05) is 10.7 Å². The molecule has 0 aliphatic heterocycles. The van der Waals surface area contributed by atoms with E-state index in [-0.39, 0.29) is 34.9 Å². The lowest BCUT2D eigenvalue weighted by molar-refractivity contribution is 0.509. The lowest BCUT2D eigenvalue weighted by Crippen LogP contribution is -2.44. The predicted molar refractivity (Wildman–Crippen MR) is 130 cm³/mol. The van der Waals surface area contributed by atoms with Gasteiger partial charge in [0, 0.05) is 23.9 Å². The van der Waals surface area contributed by atoms with E-state index in [1.165, 1.54) is 36.7 Å². The smallest absolute Gasteiger partial charge is 0.337 e. The molecule has 8 nitrogen and oxygen atoms in total. The quantitative estimate of drug-likeness (QED) is 0.192. The van der Waals surface area contributed by atoms with Gasteiger partial charge in [-0.2, -0.15) is 0 Å². The van der Waals surface area contributed by atoms with Gasteiger partial charge in [-0.1, -0.05) is 18.1 Å². The van der Waals surface area contributed by atoms with Crippen molar-refractivity contribution < 1.29 is 13.2 Å². The van der Waals surface area contributed by atoms with Crippen molar-refractivity contribution in [1.29, 1.82) is 0 Å². The molecule has 2 heterocycles. The van der Waals surface area contributed by atoms with Gasteiger partial charge in [0.2, 0.25) is 0 Å². The van der Waals surface area contributed by atoms with E-state index in [1.54, 1.807) is 6.92 Å². The predicted octanol–water partition coefficient (Wildman–Crippen LogP) is 3.01. The molecule has 0 aliphatic rings. The van der Waals surface area contributed by atoms with Gasteiger partial charge in [-0.15, -0.1) is 6.42 Å². The maximum absolute atomic E-state index is 14.2. The number of nitrogens with two attached hydrogens (primary N) is 2. The Balaban J connectivity index is 2.18. The fourth-order valence-electron chi connectivity index (χ4n) is 3.79. The van der Waals surface area contributed by atoms with E-state index in [0.717, 1.165) is 15.2 Å². The van der Waals surface area contributed by atoms with E-state index < -0.39 is 34.4 Å². The summed E-state index contributed by atoms with van der Waals surface area (Å²) in [5.74, 6) is 5.45. The molecule has 182 valence electrons. The van der Waals surface area contributed by atoms with Crippen molar-refractivity contribution in [3.8, 4) is 29.3 Å². The van der Waals surface area contributed by atoms with E-state index in [9.17, 15) is 22.8 Å². The molecule has 0 aliphatic carbocycles. The van der Waals surface area contributed by atoms with Crippen molar-refractivity contribution in [2.45, 2.75) is 13.5 Å². The molecule has 11 heteroatoms. The summed E-state index contributed by atoms with van der Waals surface area (Å²) >= 11 is 0. The maximum atomic E-state index is 14.2. The number of aromatic nitrogens is 3. The monoisotopic (exact) mass is 492 g/mol. The molecule has 0 atom stereocenters. The number of rotatable bonds is 5. The maximum Gasteiger partial charge on any atom is 0.337 e. The summed E-state index contributed by atoms with van der Waals surface area (Å²) in [6, 6.07) is 7.98. The highest BCUT2D eigenvalue weighted by Gasteiger charge is 2.27. The van der Waals surface area contributed by atoms with Crippen LogP contribution in [0.2, 0.25) is 0 Å². The lowest BCUT2D eigenvalue weighted by Gasteiger charge is -2.26. The van der Waals surface area contributed by atoms with Crippen LogP contribution < -0.4 is 27.8 Å². The van der Waals surface area contributed by atoms with Crippen molar-refractivity contribution in [3.63, 3.8) is 0 Å². The van der Waals surface area contributed by atoms with Crippen LogP contribution >= 0.6 is 0 Å². The van der Waals surface area contributed by atoms with Crippen LogP contribution in [-0.2, 0) is 6.54 Å². The second-order valence-electron chi connectivity index (χ2n) is 7.84. The van der Waals surface area contributed by atoms with E-state index in [4.69, 9.17) is 18.0 Å². The highest BCUT2D eigenvalue weighted by atomic mass is 19.2. The Labute approximate surface area is 202 Å². The Morgan fingerprint density at radius 2 is 1.81 bits per heavy atom. The Hall–Kier alpha value is -4.82. The fourth-order valence-corrected chi connectivity index (χ4v) is 3.79. The van der Waals surface area contributed by atoms with Crippen LogP contribution in [0.15, 0.2) is 64.4 Å². The average molecular weight is 492 g/mol. The van der Waals surface area contributed by atoms with Gasteiger partial charge < -0.3 is 5.73 Å². The lowest BCUT2D eigenvalue weighted by atomic mass is 10.1. The van der Waals surface area contributed by atoms with Crippen LogP contribution in [0.3, 0.4) is 0 Å². The second kappa shape index (κ2) is 9.44. The van der Waals surface area contributed by atoms with Crippen LogP contribution in [0, 0.1) is 36.7 Å². The Kier molecular flexibility index (Phi) is 6.37. The third-order valence-corrected chi connectivity index (χ3v) is 5.36. The van der Waals surface area contributed by atoms with Gasteiger partial charge in [0.25, 0.3) is 5.56 Å². The number of terminal acetylenes is 1. The minimum Gasteiger partial charge on any atom is -0.397 e. The van der Waals surface area contributed by atoms with Gasteiger partial charge in [0.1, 0.15) is 11.5 Å². The van der Waals surface area contributed by atoms with Crippen molar-refractivity contribution in [2.24, 2.45) is 5.84 Å². The molecule has 4 aromatic rings. The third-order valence-electron chi connectivity index (χ3n) is 5.36. The first-order chi connectivity index (χ1) is 17.1. The highest BCUT2D eigenvalue weighted by Crippen LogP contribution is 2.34. The number of halogens is 3. The molecule has 0 unspecified atom stereocenters. The highest BCUT2D eigenvalue weighted by molar-refractivity contribution is 5.82. The third kappa shape index (κ3) is 4.21. The van der Waals surface area contributed by atoms with Gasteiger partial charge in [0.05, 0.1) is 35.5 Å². The Morgan fingerprint density at radius 1 is 1.08 bits per heavy atom. The zero-order chi connectivity index (χ0) is 26.1. The molecular formula is C25H19F3N6O2. The first kappa shape index (κ1) is 24.3. The largest absolute Gasteiger partial charge is 0.397 e. The van der Waals surface area contributed by atoms with Crippen molar-refractivity contribution >= 4 is 17.1 Å². The molecule has 0 radical (unpaired) electrons. The molecular weight excluding hydrogens is 473 g/mol. The van der Waals surface area contributed by atoms with Gasteiger partial charge in [0.15, 0.2) is 11.6 Å². The number of anilines is 3. The first-order valence-electron chi connectivity index (χ1n) is 10.4. The molecule has 0 saturated carbocycles. The van der Waals surface area contributed by atoms with Gasteiger partial charge in [-0.3, -0.25) is 19.4 Å². The topological polar surface area (TPSA) is 112 Å². The Morgan fingerprint density at radius 3 is 2.47 bits per heavy atom. The number of nitrogen functional groups attached to an aromatic ring is 1. The number of hydrazine groups is 1. The summed E-state index contributed by atoms with van der Waals surface area (Å²) in [4.78, 5) is 31.4. The molecule has 4 rings (SSSR count).